The van der Waals surface area contributed by atoms with Gasteiger partial charge < -0.3 is 10.0 Å². The minimum absolute atomic E-state index is 0.0192. The Balaban J connectivity index is 2.33. The summed E-state index contributed by atoms with van der Waals surface area (Å²) in [7, 11) is 0. The van der Waals surface area contributed by atoms with Gasteiger partial charge in [0, 0.05) is 13.1 Å². The Morgan fingerprint density at radius 2 is 1.94 bits per heavy atom. The molecule has 0 aliphatic carbocycles. The maximum atomic E-state index is 10.0. The summed E-state index contributed by atoms with van der Waals surface area (Å²) < 4.78 is 0. The molecule has 16 heavy (non-hydrogen) atoms. The summed E-state index contributed by atoms with van der Waals surface area (Å²) in [5, 5.41) is 10.0. The van der Waals surface area contributed by atoms with E-state index < -0.39 is 0 Å². The van der Waals surface area contributed by atoms with Gasteiger partial charge in [-0.3, -0.25) is 0 Å². The van der Waals surface area contributed by atoms with Gasteiger partial charge in [-0.15, -0.1) is 0 Å². The number of likely N-dealkylation sites (tertiary alicyclic amines) is 1. The van der Waals surface area contributed by atoms with Crippen LogP contribution in [0, 0.1) is 10.8 Å². The zero-order chi connectivity index (χ0) is 12.4. The highest BCUT2D eigenvalue weighted by molar-refractivity contribution is 4.81. The zero-order valence-electron chi connectivity index (χ0n) is 11.7. The van der Waals surface area contributed by atoms with Gasteiger partial charge in [0.15, 0.2) is 0 Å². The molecule has 0 aromatic rings. The lowest BCUT2D eigenvalue weighted by molar-refractivity contribution is 0.0343. The number of aliphatic hydroxyl groups excluding tert-OH is 1. The third-order valence-electron chi connectivity index (χ3n) is 3.70. The van der Waals surface area contributed by atoms with Crippen LogP contribution >= 0.6 is 0 Å². The Hall–Kier alpha value is -0.0800. The molecule has 96 valence electrons. The monoisotopic (exact) mass is 227 g/mol. The maximum absolute atomic E-state index is 10.0. The topological polar surface area (TPSA) is 23.5 Å². The minimum atomic E-state index is -0.183. The Bertz CT molecular complexity index is 217. The van der Waals surface area contributed by atoms with Crippen molar-refractivity contribution in [3.05, 3.63) is 0 Å². The number of piperidine rings is 1. The Kier molecular flexibility index (Phi) is 4.42. The molecule has 0 bridgehead atoms. The minimum Gasteiger partial charge on any atom is -0.393 e. The van der Waals surface area contributed by atoms with Crippen molar-refractivity contribution >= 4 is 0 Å². The fourth-order valence-electron chi connectivity index (χ4n) is 2.47. The van der Waals surface area contributed by atoms with Crippen molar-refractivity contribution in [3.63, 3.8) is 0 Å². The predicted octanol–water partition coefficient (Wildman–Crippen LogP) is 2.91. The van der Waals surface area contributed by atoms with Gasteiger partial charge in [0.25, 0.3) is 0 Å². The van der Waals surface area contributed by atoms with E-state index in [4.69, 9.17) is 0 Å². The quantitative estimate of drug-likeness (QED) is 0.801. The molecule has 1 rings (SSSR count). The van der Waals surface area contributed by atoms with Gasteiger partial charge in [0.1, 0.15) is 0 Å². The molecule has 1 atom stereocenters. The molecule has 0 spiro atoms. The molecule has 1 N–H and O–H groups in total. The van der Waals surface area contributed by atoms with Crippen LogP contribution in [0.15, 0.2) is 0 Å². The molecule has 0 aromatic carbocycles. The van der Waals surface area contributed by atoms with Crippen LogP contribution in [0.2, 0.25) is 0 Å². The molecule has 0 aromatic heterocycles. The number of hydrogen-bond acceptors (Lipinski definition) is 2. The van der Waals surface area contributed by atoms with E-state index in [9.17, 15) is 5.11 Å². The van der Waals surface area contributed by atoms with Crippen molar-refractivity contribution < 1.29 is 5.11 Å². The van der Waals surface area contributed by atoms with Gasteiger partial charge in [-0.05, 0) is 36.6 Å². The summed E-state index contributed by atoms with van der Waals surface area (Å²) in [6, 6.07) is 0. The van der Waals surface area contributed by atoms with Crippen molar-refractivity contribution in [2.24, 2.45) is 10.8 Å². The van der Waals surface area contributed by atoms with Gasteiger partial charge in [-0.2, -0.15) is 0 Å². The molecule has 2 heteroatoms. The molecule has 2 nitrogen and oxygen atoms in total. The lowest BCUT2D eigenvalue weighted by atomic mass is 9.83. The molecule has 1 unspecified atom stereocenters. The van der Waals surface area contributed by atoms with E-state index in [1.807, 2.05) is 0 Å². The third-order valence-corrected chi connectivity index (χ3v) is 3.70. The standard InChI is InChI=1S/C14H29NO/c1-13(2,3)12(16)7-10-15-9-6-8-14(4,5)11-15/h12,16H,6-11H2,1-5H3. The normalized spacial score (nSPS) is 24.4. The fourth-order valence-corrected chi connectivity index (χ4v) is 2.47. The van der Waals surface area contributed by atoms with Crippen LogP contribution < -0.4 is 0 Å². The molecule has 0 amide bonds. The average Bonchev–Trinajstić information content (AvgIpc) is 2.11. The van der Waals surface area contributed by atoms with E-state index in [0.717, 1.165) is 13.0 Å². The summed E-state index contributed by atoms with van der Waals surface area (Å²) in [5.74, 6) is 0. The number of rotatable bonds is 3. The van der Waals surface area contributed by atoms with E-state index in [1.165, 1.54) is 25.9 Å². The second kappa shape index (κ2) is 5.05. The third kappa shape index (κ3) is 4.42. The van der Waals surface area contributed by atoms with Crippen LogP contribution in [0.4, 0.5) is 0 Å². The second-order valence-electron chi connectivity index (χ2n) is 7.21. The first-order valence-electron chi connectivity index (χ1n) is 6.61. The van der Waals surface area contributed by atoms with Crippen molar-refractivity contribution in [3.8, 4) is 0 Å². The molecule has 1 aliphatic rings. The highest BCUT2D eigenvalue weighted by Crippen LogP contribution is 2.29. The Labute approximate surface area is 101 Å². The molecule has 0 saturated carbocycles. The van der Waals surface area contributed by atoms with Crippen LogP contribution in [0.1, 0.15) is 53.9 Å². The largest absolute Gasteiger partial charge is 0.393 e. The highest BCUT2D eigenvalue weighted by Gasteiger charge is 2.28. The number of aliphatic hydroxyl groups is 1. The lowest BCUT2D eigenvalue weighted by Gasteiger charge is -2.39. The van der Waals surface area contributed by atoms with Gasteiger partial charge in [-0.1, -0.05) is 34.6 Å². The lowest BCUT2D eigenvalue weighted by Crippen LogP contribution is -2.42. The van der Waals surface area contributed by atoms with Crippen LogP contribution in [-0.2, 0) is 0 Å². The van der Waals surface area contributed by atoms with E-state index >= 15 is 0 Å². The molecule has 1 aliphatic heterocycles. The van der Waals surface area contributed by atoms with Crippen LogP contribution in [-0.4, -0.2) is 35.7 Å². The van der Waals surface area contributed by atoms with Crippen molar-refractivity contribution in [1.29, 1.82) is 0 Å². The SMILES string of the molecule is CC1(C)CCCN(CCC(O)C(C)(C)C)C1. The van der Waals surface area contributed by atoms with Crippen LogP contribution in [0.5, 0.6) is 0 Å². The average molecular weight is 227 g/mol. The van der Waals surface area contributed by atoms with Gasteiger partial charge in [-0.25, -0.2) is 0 Å². The maximum Gasteiger partial charge on any atom is 0.0600 e. The van der Waals surface area contributed by atoms with E-state index in [-0.39, 0.29) is 11.5 Å². The first kappa shape index (κ1) is 14.0. The smallest absolute Gasteiger partial charge is 0.0600 e. The van der Waals surface area contributed by atoms with Crippen LogP contribution in [0.3, 0.4) is 0 Å². The summed E-state index contributed by atoms with van der Waals surface area (Å²) in [4.78, 5) is 2.51. The van der Waals surface area contributed by atoms with Crippen molar-refractivity contribution in [2.45, 2.75) is 60.0 Å². The predicted molar refractivity (Wildman–Crippen MR) is 69.5 cm³/mol. The molecule has 1 heterocycles. The first-order valence-corrected chi connectivity index (χ1v) is 6.61. The van der Waals surface area contributed by atoms with Crippen LogP contribution in [0.25, 0.3) is 0 Å². The first-order chi connectivity index (χ1) is 7.21. The van der Waals surface area contributed by atoms with E-state index in [0.29, 0.717) is 5.41 Å². The Morgan fingerprint density at radius 1 is 1.31 bits per heavy atom. The van der Waals surface area contributed by atoms with Gasteiger partial charge in [0.05, 0.1) is 6.10 Å². The van der Waals surface area contributed by atoms with E-state index in [1.54, 1.807) is 0 Å². The zero-order valence-corrected chi connectivity index (χ0v) is 11.7. The van der Waals surface area contributed by atoms with Crippen molar-refractivity contribution in [2.75, 3.05) is 19.6 Å². The fraction of sp³-hybridized carbons (Fsp3) is 1.00. The molecule has 1 fully saturated rings. The summed E-state index contributed by atoms with van der Waals surface area (Å²) >= 11 is 0. The van der Waals surface area contributed by atoms with Gasteiger partial charge in [0.2, 0.25) is 0 Å². The summed E-state index contributed by atoms with van der Waals surface area (Å²) in [5.41, 5.74) is 0.482. The molecule has 0 radical (unpaired) electrons. The Morgan fingerprint density at radius 3 is 2.44 bits per heavy atom. The van der Waals surface area contributed by atoms with Crippen molar-refractivity contribution in [1.82, 2.24) is 4.90 Å². The molecule has 1 saturated heterocycles. The number of nitrogens with zero attached hydrogens (tertiary/aromatic N) is 1. The summed E-state index contributed by atoms with van der Waals surface area (Å²) in [6.45, 7) is 14.5. The highest BCUT2D eigenvalue weighted by atomic mass is 16.3. The van der Waals surface area contributed by atoms with Gasteiger partial charge >= 0.3 is 0 Å². The molecular formula is C14H29NO. The van der Waals surface area contributed by atoms with E-state index in [2.05, 4.69) is 39.5 Å². The second-order valence-corrected chi connectivity index (χ2v) is 7.21. The molecular weight excluding hydrogens is 198 g/mol. The number of hydrogen-bond donors (Lipinski definition) is 1. The summed E-state index contributed by atoms with van der Waals surface area (Å²) in [6.07, 6.45) is 3.36.